The van der Waals surface area contributed by atoms with E-state index in [2.05, 4.69) is 33.0 Å². The number of aliphatic hydroxyl groups excluding tert-OH is 2. The van der Waals surface area contributed by atoms with Crippen LogP contribution in [0.3, 0.4) is 0 Å². The van der Waals surface area contributed by atoms with Gasteiger partial charge in [-0.1, -0.05) is 41.5 Å². The lowest BCUT2D eigenvalue weighted by Gasteiger charge is -2.64. The van der Waals surface area contributed by atoms with Crippen LogP contribution in [0.15, 0.2) is 0 Å². The number of carbonyl (C=O) groups is 2. The molecule has 6 aliphatic rings. The molecule has 0 bridgehead atoms. The maximum absolute atomic E-state index is 13.6. The Hall–Kier alpha value is -1.42. The van der Waals surface area contributed by atoms with Gasteiger partial charge in [-0.15, -0.1) is 0 Å². The summed E-state index contributed by atoms with van der Waals surface area (Å²) < 4.78 is 18.3. The number of hydrogen-bond acceptors (Lipinski definition) is 8. The van der Waals surface area contributed by atoms with Crippen molar-refractivity contribution < 1.29 is 39.1 Å². The van der Waals surface area contributed by atoms with E-state index < -0.39 is 46.9 Å². The molecule has 13 atom stereocenters. The molecule has 1 heterocycles. The molecule has 2 spiro atoms. The number of esters is 1. The molecule has 5 saturated carbocycles. The largest absolute Gasteiger partial charge is 0.460 e. The summed E-state index contributed by atoms with van der Waals surface area (Å²) >= 11 is 0. The summed E-state index contributed by atoms with van der Waals surface area (Å²) in [7, 11) is 0. The predicted molar refractivity (Wildman–Crippen MR) is 182 cm³/mol. The second kappa shape index (κ2) is 11.3. The molecule has 6 fully saturated rings. The van der Waals surface area contributed by atoms with Gasteiger partial charge in [-0.3, -0.25) is 0 Å². The number of alkyl carbamates (subject to hydrolysis) is 1. The Morgan fingerprint density at radius 2 is 1.56 bits per heavy atom. The average molecular weight is 676 g/mol. The van der Waals surface area contributed by atoms with E-state index in [9.17, 15) is 24.9 Å². The van der Waals surface area contributed by atoms with Crippen molar-refractivity contribution in [1.82, 2.24) is 5.32 Å². The summed E-state index contributed by atoms with van der Waals surface area (Å²) in [6, 6.07) is -0.834. The maximum atomic E-state index is 13.6. The van der Waals surface area contributed by atoms with Crippen LogP contribution in [0, 0.1) is 50.7 Å². The minimum absolute atomic E-state index is 0.00606. The topological polar surface area (TPSA) is 135 Å². The minimum Gasteiger partial charge on any atom is -0.460 e. The zero-order valence-electron chi connectivity index (χ0n) is 31.5. The molecule has 0 aromatic rings. The van der Waals surface area contributed by atoms with Crippen molar-refractivity contribution in [2.45, 2.75) is 182 Å². The van der Waals surface area contributed by atoms with Crippen LogP contribution in [-0.2, 0) is 19.0 Å². The number of carbonyl (C=O) groups excluding carboxylic acids is 2. The highest BCUT2D eigenvalue weighted by Gasteiger charge is 2.84. The van der Waals surface area contributed by atoms with Crippen molar-refractivity contribution in [2.24, 2.45) is 50.7 Å². The van der Waals surface area contributed by atoms with E-state index in [0.29, 0.717) is 18.8 Å². The highest BCUT2D eigenvalue weighted by molar-refractivity contribution is 5.82. The molecule has 9 heteroatoms. The molecular formula is C39H65NO8. The molecule has 1 aliphatic heterocycles. The van der Waals surface area contributed by atoms with Gasteiger partial charge < -0.3 is 34.8 Å². The van der Waals surface area contributed by atoms with Crippen LogP contribution in [0.2, 0.25) is 0 Å². The van der Waals surface area contributed by atoms with Gasteiger partial charge in [-0.2, -0.15) is 0 Å². The smallest absolute Gasteiger partial charge is 0.408 e. The monoisotopic (exact) mass is 675 g/mol. The Balaban J connectivity index is 1.21. The number of ether oxygens (including phenoxy) is 3. The van der Waals surface area contributed by atoms with E-state index in [0.717, 1.165) is 44.9 Å². The van der Waals surface area contributed by atoms with Gasteiger partial charge in [0.1, 0.15) is 17.7 Å². The normalized spacial score (nSPS) is 46.9. The third-order valence-corrected chi connectivity index (χ3v) is 15.1. The number of nitrogens with one attached hydrogen (secondary N) is 1. The van der Waals surface area contributed by atoms with Crippen molar-refractivity contribution in [2.75, 3.05) is 0 Å². The van der Waals surface area contributed by atoms with Crippen molar-refractivity contribution in [3.8, 4) is 0 Å². The van der Waals surface area contributed by atoms with Crippen LogP contribution in [0.4, 0.5) is 4.79 Å². The standard InChI is InChI=1S/C39H65NO8/c1-21(2)29(40-32(44)48-33(3,4)5)31(43)47-26-14-15-39-20-38(39)17-16-36(10)28(24-12-13-27(46-24)35(8,9)45)23(42)19-37(36,11)25(38)18-22(41)30(39)34(26,6)7/h21-30,41-42,45H,12-20H2,1-11H3,(H,40,44)/t22-,23-,24?,25?,26-,27-,28+,29-,30-,36+,37-,38?,39+/m0/s1. The molecule has 6 rings (SSSR count). The summed E-state index contributed by atoms with van der Waals surface area (Å²) in [5.74, 6) is -0.350. The van der Waals surface area contributed by atoms with Crippen molar-refractivity contribution in [1.29, 1.82) is 0 Å². The SMILES string of the molecule is CC(C)[C@H](NC(=O)OC(C)(C)C)C(=O)O[C@H]1CC[C@]23CC24CC[C@]2(C)[C@@H](C5CC[C@@H](C(C)(C)O)O5)[C@@H](O)C[C@@]2(C)C4C[C@H](O)[C@H]3C1(C)C. The second-order valence-electron chi connectivity index (χ2n) is 20.0. The Kier molecular flexibility index (Phi) is 8.55. The molecule has 0 aromatic heterocycles. The molecule has 9 nitrogen and oxygen atoms in total. The van der Waals surface area contributed by atoms with Crippen LogP contribution in [0.25, 0.3) is 0 Å². The first-order chi connectivity index (χ1) is 21.9. The summed E-state index contributed by atoms with van der Waals surface area (Å²) in [6.07, 6.45) is 5.53. The van der Waals surface area contributed by atoms with E-state index in [1.807, 2.05) is 27.7 Å². The maximum Gasteiger partial charge on any atom is 0.408 e. The van der Waals surface area contributed by atoms with Crippen LogP contribution < -0.4 is 5.32 Å². The van der Waals surface area contributed by atoms with Crippen molar-refractivity contribution >= 4 is 12.1 Å². The van der Waals surface area contributed by atoms with Crippen molar-refractivity contribution in [3.05, 3.63) is 0 Å². The molecule has 0 radical (unpaired) electrons. The minimum atomic E-state index is -0.910. The molecule has 48 heavy (non-hydrogen) atoms. The fourth-order valence-corrected chi connectivity index (χ4v) is 13.0. The van der Waals surface area contributed by atoms with Gasteiger partial charge in [0, 0.05) is 11.3 Å². The third kappa shape index (κ3) is 5.28. The molecule has 274 valence electrons. The van der Waals surface area contributed by atoms with Gasteiger partial charge in [-0.05, 0) is 132 Å². The van der Waals surface area contributed by atoms with E-state index in [-0.39, 0.29) is 57.7 Å². The number of rotatable bonds is 6. The van der Waals surface area contributed by atoms with Crippen molar-refractivity contribution in [3.63, 3.8) is 0 Å². The molecular weight excluding hydrogens is 610 g/mol. The quantitative estimate of drug-likeness (QED) is 0.247. The summed E-state index contributed by atoms with van der Waals surface area (Å²) in [5.41, 5.74) is -2.24. The molecule has 3 unspecified atom stereocenters. The summed E-state index contributed by atoms with van der Waals surface area (Å²) in [6.45, 7) is 21.9. The lowest BCUT2D eigenvalue weighted by atomic mass is 9.41. The highest BCUT2D eigenvalue weighted by Crippen LogP contribution is 2.89. The Morgan fingerprint density at radius 3 is 2.15 bits per heavy atom. The van der Waals surface area contributed by atoms with E-state index in [1.165, 1.54) is 0 Å². The molecule has 1 saturated heterocycles. The lowest BCUT2D eigenvalue weighted by Crippen LogP contribution is -2.62. The fraction of sp³-hybridized carbons (Fsp3) is 0.949. The third-order valence-electron chi connectivity index (χ3n) is 15.1. The van der Waals surface area contributed by atoms with Gasteiger partial charge in [0.05, 0.1) is 30.0 Å². The first-order valence-electron chi connectivity index (χ1n) is 18.9. The van der Waals surface area contributed by atoms with E-state index >= 15 is 0 Å². The lowest BCUT2D eigenvalue weighted by molar-refractivity contribution is -0.212. The van der Waals surface area contributed by atoms with Crippen LogP contribution in [0.1, 0.15) is 134 Å². The molecule has 4 N–H and O–H groups in total. The average Bonchev–Trinajstić information content (AvgIpc) is 3.19. The first-order valence-corrected chi connectivity index (χ1v) is 18.9. The van der Waals surface area contributed by atoms with Gasteiger partial charge in [0.2, 0.25) is 0 Å². The molecule has 0 aromatic carbocycles. The summed E-state index contributed by atoms with van der Waals surface area (Å²) in [5, 5.41) is 37.4. The first kappa shape index (κ1) is 36.4. The number of aliphatic hydroxyl groups is 3. The zero-order valence-corrected chi connectivity index (χ0v) is 31.5. The van der Waals surface area contributed by atoms with E-state index in [1.54, 1.807) is 20.8 Å². The van der Waals surface area contributed by atoms with E-state index in [4.69, 9.17) is 14.2 Å². The van der Waals surface area contributed by atoms with Gasteiger partial charge in [0.25, 0.3) is 0 Å². The highest BCUT2D eigenvalue weighted by atomic mass is 16.6. The number of amides is 1. The Bertz CT molecular complexity index is 1290. The number of hydrogen-bond donors (Lipinski definition) is 4. The number of fused-ring (bicyclic) bond motifs is 2. The van der Waals surface area contributed by atoms with Crippen LogP contribution in [0.5, 0.6) is 0 Å². The predicted octanol–water partition coefficient (Wildman–Crippen LogP) is 6.15. The Morgan fingerprint density at radius 1 is 0.896 bits per heavy atom. The Labute approximate surface area is 288 Å². The molecule has 5 aliphatic carbocycles. The second-order valence-corrected chi connectivity index (χ2v) is 20.0. The van der Waals surface area contributed by atoms with Crippen LogP contribution >= 0.6 is 0 Å². The molecule has 1 amide bonds. The zero-order chi connectivity index (χ0) is 35.6. The summed E-state index contributed by atoms with van der Waals surface area (Å²) in [4.78, 5) is 26.2. The van der Waals surface area contributed by atoms with Gasteiger partial charge in [0.15, 0.2) is 0 Å². The fourth-order valence-electron chi connectivity index (χ4n) is 13.0. The van der Waals surface area contributed by atoms with Gasteiger partial charge in [-0.25, -0.2) is 9.59 Å². The van der Waals surface area contributed by atoms with Gasteiger partial charge >= 0.3 is 12.1 Å². The van der Waals surface area contributed by atoms with Crippen LogP contribution in [-0.4, -0.2) is 75.1 Å².